The molecule has 1 aromatic heterocycles. The van der Waals surface area contributed by atoms with E-state index in [1.165, 1.54) is 10.9 Å². The summed E-state index contributed by atoms with van der Waals surface area (Å²) < 4.78 is 13.5. The van der Waals surface area contributed by atoms with Crippen molar-refractivity contribution in [3.8, 4) is 10.6 Å². The van der Waals surface area contributed by atoms with Crippen molar-refractivity contribution in [2.45, 2.75) is 40.2 Å². The van der Waals surface area contributed by atoms with E-state index in [1.807, 2.05) is 13.0 Å². The lowest BCUT2D eigenvalue weighted by molar-refractivity contribution is 0.628. The van der Waals surface area contributed by atoms with Crippen LogP contribution < -0.4 is 5.32 Å². The van der Waals surface area contributed by atoms with Crippen LogP contribution in [0.4, 0.5) is 4.39 Å². The van der Waals surface area contributed by atoms with Crippen LogP contribution in [0.15, 0.2) is 18.2 Å². The van der Waals surface area contributed by atoms with Crippen LogP contribution in [0.3, 0.4) is 0 Å². The van der Waals surface area contributed by atoms with Crippen molar-refractivity contribution in [2.24, 2.45) is 0 Å². The maximum atomic E-state index is 13.5. The van der Waals surface area contributed by atoms with Crippen molar-refractivity contribution in [1.82, 2.24) is 10.3 Å². The normalized spacial score (nSPS) is 11.0. The Hall–Kier alpha value is -1.26. The molecule has 0 atom stereocenters. The minimum atomic E-state index is -0.203. The summed E-state index contributed by atoms with van der Waals surface area (Å²) in [5.41, 5.74) is 3.13. The molecule has 0 unspecified atom stereocenters. The topological polar surface area (TPSA) is 24.9 Å². The van der Waals surface area contributed by atoms with Gasteiger partial charge in [0.1, 0.15) is 10.8 Å². The Bertz CT molecular complexity index is 578. The minimum absolute atomic E-state index is 0.203. The van der Waals surface area contributed by atoms with Crippen LogP contribution in [0, 0.1) is 12.7 Å². The van der Waals surface area contributed by atoms with Gasteiger partial charge in [0.2, 0.25) is 0 Å². The van der Waals surface area contributed by atoms with Gasteiger partial charge in [-0.1, -0.05) is 26.3 Å². The van der Waals surface area contributed by atoms with Gasteiger partial charge >= 0.3 is 0 Å². The van der Waals surface area contributed by atoms with Gasteiger partial charge in [0.25, 0.3) is 0 Å². The molecule has 1 heterocycles. The van der Waals surface area contributed by atoms with Crippen molar-refractivity contribution >= 4 is 11.3 Å². The molecule has 0 aliphatic rings. The number of halogens is 1. The molecule has 108 valence electrons. The molecule has 0 saturated heterocycles. The summed E-state index contributed by atoms with van der Waals surface area (Å²) in [6.07, 6.45) is 2.05. The van der Waals surface area contributed by atoms with Crippen molar-refractivity contribution in [1.29, 1.82) is 0 Å². The van der Waals surface area contributed by atoms with Gasteiger partial charge in [-0.3, -0.25) is 0 Å². The number of nitrogens with one attached hydrogen (secondary N) is 1. The first kappa shape index (κ1) is 15.1. The number of hydrogen-bond donors (Lipinski definition) is 1. The molecular weight excluding hydrogens is 271 g/mol. The van der Waals surface area contributed by atoms with Gasteiger partial charge in [0.05, 0.1) is 5.69 Å². The predicted molar refractivity (Wildman–Crippen MR) is 83.6 cm³/mol. The molecule has 2 rings (SSSR count). The van der Waals surface area contributed by atoms with E-state index in [4.69, 9.17) is 4.98 Å². The van der Waals surface area contributed by atoms with E-state index >= 15 is 0 Å². The average Bonchev–Trinajstić information content (AvgIpc) is 2.82. The van der Waals surface area contributed by atoms with Crippen molar-refractivity contribution in [3.63, 3.8) is 0 Å². The van der Waals surface area contributed by atoms with Gasteiger partial charge < -0.3 is 5.32 Å². The molecule has 0 aliphatic heterocycles. The molecule has 1 N–H and O–H groups in total. The molecule has 0 amide bonds. The Labute approximate surface area is 124 Å². The fourth-order valence-corrected chi connectivity index (χ4v) is 3.29. The second-order valence-electron chi connectivity index (χ2n) is 4.88. The maximum Gasteiger partial charge on any atom is 0.124 e. The summed E-state index contributed by atoms with van der Waals surface area (Å²) in [6, 6.07) is 4.90. The van der Waals surface area contributed by atoms with Gasteiger partial charge in [-0.25, -0.2) is 9.37 Å². The number of thiazole rings is 1. The molecule has 2 aromatic rings. The van der Waals surface area contributed by atoms with Gasteiger partial charge in [-0.15, -0.1) is 11.3 Å². The monoisotopic (exact) mass is 292 g/mol. The second-order valence-corrected chi connectivity index (χ2v) is 5.96. The smallest absolute Gasteiger partial charge is 0.124 e. The fraction of sp³-hybridized carbons (Fsp3) is 0.438. The Morgan fingerprint density at radius 1 is 1.30 bits per heavy atom. The van der Waals surface area contributed by atoms with Gasteiger partial charge in [-0.2, -0.15) is 0 Å². The van der Waals surface area contributed by atoms with E-state index in [2.05, 4.69) is 19.2 Å². The van der Waals surface area contributed by atoms with E-state index in [1.54, 1.807) is 17.4 Å². The van der Waals surface area contributed by atoms with E-state index in [9.17, 15) is 4.39 Å². The molecule has 20 heavy (non-hydrogen) atoms. The maximum absolute atomic E-state index is 13.5. The van der Waals surface area contributed by atoms with Crippen molar-refractivity contribution < 1.29 is 4.39 Å². The number of benzene rings is 1. The molecule has 0 saturated carbocycles. The van der Waals surface area contributed by atoms with E-state index < -0.39 is 0 Å². The first-order chi connectivity index (χ1) is 9.65. The van der Waals surface area contributed by atoms with Crippen LogP contribution in [0.1, 0.15) is 36.4 Å². The van der Waals surface area contributed by atoms with Gasteiger partial charge in [0.15, 0.2) is 0 Å². The lowest BCUT2D eigenvalue weighted by atomic mass is 10.1. The van der Waals surface area contributed by atoms with Crippen LogP contribution in [0.5, 0.6) is 0 Å². The summed E-state index contributed by atoms with van der Waals surface area (Å²) in [5, 5.41) is 4.28. The van der Waals surface area contributed by atoms with Gasteiger partial charge in [0, 0.05) is 17.0 Å². The standard InChI is InChI=1S/C16H21FN2S/c1-4-6-14-15(10-18-5-2)20-16(19-14)13-9-12(17)8-7-11(13)3/h7-9,18H,4-6,10H2,1-3H3. The molecule has 0 spiro atoms. The summed E-state index contributed by atoms with van der Waals surface area (Å²) >= 11 is 1.68. The highest BCUT2D eigenvalue weighted by Gasteiger charge is 2.13. The number of hydrogen-bond acceptors (Lipinski definition) is 3. The van der Waals surface area contributed by atoms with Crippen LogP contribution in [-0.4, -0.2) is 11.5 Å². The van der Waals surface area contributed by atoms with Crippen LogP contribution >= 0.6 is 11.3 Å². The zero-order valence-electron chi connectivity index (χ0n) is 12.3. The van der Waals surface area contributed by atoms with E-state index in [0.717, 1.165) is 47.8 Å². The van der Waals surface area contributed by atoms with Crippen molar-refractivity contribution in [3.05, 3.63) is 40.2 Å². The van der Waals surface area contributed by atoms with Crippen molar-refractivity contribution in [2.75, 3.05) is 6.54 Å². The number of aryl methyl sites for hydroxylation is 2. The molecule has 1 aromatic carbocycles. The van der Waals surface area contributed by atoms with Crippen LogP contribution in [0.2, 0.25) is 0 Å². The lowest BCUT2D eigenvalue weighted by Gasteiger charge is -2.01. The molecule has 0 bridgehead atoms. The van der Waals surface area contributed by atoms with Crippen LogP contribution in [-0.2, 0) is 13.0 Å². The highest BCUT2D eigenvalue weighted by molar-refractivity contribution is 7.15. The largest absolute Gasteiger partial charge is 0.312 e. The Kier molecular flexibility index (Phi) is 5.26. The number of rotatable bonds is 6. The third-order valence-corrected chi connectivity index (χ3v) is 4.36. The Morgan fingerprint density at radius 2 is 2.10 bits per heavy atom. The highest BCUT2D eigenvalue weighted by atomic mass is 32.1. The minimum Gasteiger partial charge on any atom is -0.312 e. The summed E-state index contributed by atoms with van der Waals surface area (Å²) in [6.45, 7) is 8.04. The zero-order valence-corrected chi connectivity index (χ0v) is 13.1. The number of aromatic nitrogens is 1. The quantitative estimate of drug-likeness (QED) is 0.857. The molecule has 4 heteroatoms. The lowest BCUT2D eigenvalue weighted by Crippen LogP contribution is -2.11. The van der Waals surface area contributed by atoms with Gasteiger partial charge in [-0.05, 0) is 37.6 Å². The molecule has 0 aliphatic carbocycles. The third kappa shape index (κ3) is 3.44. The Morgan fingerprint density at radius 3 is 2.80 bits per heavy atom. The summed E-state index contributed by atoms with van der Waals surface area (Å²) in [5.74, 6) is -0.203. The predicted octanol–water partition coefficient (Wildman–Crippen LogP) is 4.32. The number of nitrogens with zero attached hydrogens (tertiary/aromatic N) is 1. The Balaban J connectivity index is 2.38. The summed E-state index contributed by atoms with van der Waals surface area (Å²) in [7, 11) is 0. The van der Waals surface area contributed by atoms with E-state index in [0.29, 0.717) is 0 Å². The SMILES string of the molecule is CCCc1nc(-c2cc(F)ccc2C)sc1CNCC. The van der Waals surface area contributed by atoms with E-state index in [-0.39, 0.29) is 5.82 Å². The van der Waals surface area contributed by atoms with Crippen LogP contribution in [0.25, 0.3) is 10.6 Å². The highest BCUT2D eigenvalue weighted by Crippen LogP contribution is 2.31. The first-order valence-electron chi connectivity index (χ1n) is 7.11. The fourth-order valence-electron chi connectivity index (χ4n) is 2.13. The second kappa shape index (κ2) is 6.95. The molecule has 2 nitrogen and oxygen atoms in total. The molecule has 0 radical (unpaired) electrons. The summed E-state index contributed by atoms with van der Waals surface area (Å²) in [4.78, 5) is 6.01. The molecule has 0 fully saturated rings. The first-order valence-corrected chi connectivity index (χ1v) is 7.93. The third-order valence-electron chi connectivity index (χ3n) is 3.23. The average molecular weight is 292 g/mol. The zero-order chi connectivity index (χ0) is 14.5. The molecular formula is C16H21FN2S.